The third kappa shape index (κ3) is 3.24. The van der Waals surface area contributed by atoms with E-state index in [1.165, 1.54) is 0 Å². The quantitative estimate of drug-likeness (QED) is 0.655. The van der Waals surface area contributed by atoms with Crippen molar-refractivity contribution in [2.24, 2.45) is 0 Å². The number of benzene rings is 1. The van der Waals surface area contributed by atoms with E-state index in [-0.39, 0.29) is 10.0 Å². The number of carbonyl (C=O) groups excluding carboxylic acids is 1. The lowest BCUT2D eigenvalue weighted by atomic mass is 10.2. The Labute approximate surface area is 100 Å². The fourth-order valence-corrected chi connectivity index (χ4v) is 1.59. The second-order valence-electron chi connectivity index (χ2n) is 3.11. The van der Waals surface area contributed by atoms with Gasteiger partial charge in [0.2, 0.25) is 0 Å². The molecule has 1 aromatic rings. The molecule has 0 bridgehead atoms. The van der Waals surface area contributed by atoms with Gasteiger partial charge in [-0.2, -0.15) is 0 Å². The lowest BCUT2D eigenvalue weighted by molar-refractivity contribution is 0.0953. The monoisotopic (exact) mass is 292 g/mol. The molecular weight excluding hydrogens is 282 g/mol. The molecule has 1 rings (SSSR count). The van der Waals surface area contributed by atoms with E-state index < -0.39 is 17.5 Å². The van der Waals surface area contributed by atoms with E-state index in [9.17, 15) is 13.6 Å². The SMILES string of the molecule is CNCCNC(=O)c1cc(F)c(F)cc1Br. The molecule has 0 heterocycles. The minimum Gasteiger partial charge on any atom is -0.351 e. The summed E-state index contributed by atoms with van der Waals surface area (Å²) < 4.78 is 25.9. The molecule has 2 N–H and O–H groups in total. The van der Waals surface area contributed by atoms with Crippen LogP contribution in [0.4, 0.5) is 8.78 Å². The smallest absolute Gasteiger partial charge is 0.252 e. The zero-order valence-corrected chi connectivity index (χ0v) is 10.2. The van der Waals surface area contributed by atoms with Crippen molar-refractivity contribution in [1.29, 1.82) is 0 Å². The van der Waals surface area contributed by atoms with Crippen LogP contribution in [0, 0.1) is 11.6 Å². The van der Waals surface area contributed by atoms with Gasteiger partial charge in [-0.15, -0.1) is 0 Å². The predicted molar refractivity (Wildman–Crippen MR) is 60.3 cm³/mol. The van der Waals surface area contributed by atoms with E-state index in [4.69, 9.17) is 0 Å². The topological polar surface area (TPSA) is 41.1 Å². The van der Waals surface area contributed by atoms with Gasteiger partial charge in [-0.05, 0) is 35.1 Å². The van der Waals surface area contributed by atoms with Crippen LogP contribution in [0.2, 0.25) is 0 Å². The van der Waals surface area contributed by atoms with Crippen molar-refractivity contribution in [3.05, 3.63) is 33.8 Å². The molecule has 0 radical (unpaired) electrons. The van der Waals surface area contributed by atoms with Crippen LogP contribution in [0.5, 0.6) is 0 Å². The highest BCUT2D eigenvalue weighted by Crippen LogP contribution is 2.20. The van der Waals surface area contributed by atoms with Crippen molar-refractivity contribution in [3.8, 4) is 0 Å². The molecule has 0 saturated heterocycles. The molecule has 0 aliphatic carbocycles. The number of hydrogen-bond acceptors (Lipinski definition) is 2. The first-order valence-corrected chi connectivity index (χ1v) is 5.43. The second-order valence-corrected chi connectivity index (χ2v) is 3.96. The standard InChI is InChI=1S/C10H11BrF2N2O/c1-14-2-3-15-10(16)6-4-8(12)9(13)5-7(6)11/h4-5,14H,2-3H2,1H3,(H,15,16). The number of halogens is 3. The summed E-state index contributed by atoms with van der Waals surface area (Å²) in [5.74, 6) is -2.47. The van der Waals surface area contributed by atoms with Gasteiger partial charge in [0.15, 0.2) is 11.6 Å². The van der Waals surface area contributed by atoms with Gasteiger partial charge in [-0.25, -0.2) is 8.78 Å². The molecule has 0 unspecified atom stereocenters. The predicted octanol–water partition coefficient (Wildman–Crippen LogP) is 1.68. The maximum Gasteiger partial charge on any atom is 0.252 e. The van der Waals surface area contributed by atoms with E-state index >= 15 is 0 Å². The highest BCUT2D eigenvalue weighted by atomic mass is 79.9. The Balaban J connectivity index is 2.79. The molecule has 0 aliphatic rings. The molecule has 0 saturated carbocycles. The Bertz CT molecular complexity index is 399. The Morgan fingerprint density at radius 2 is 1.94 bits per heavy atom. The maximum atomic E-state index is 12.9. The Kier molecular flexibility index (Phi) is 4.82. The van der Waals surface area contributed by atoms with Gasteiger partial charge >= 0.3 is 0 Å². The van der Waals surface area contributed by atoms with Crippen molar-refractivity contribution in [2.75, 3.05) is 20.1 Å². The average molecular weight is 293 g/mol. The number of nitrogens with one attached hydrogen (secondary N) is 2. The number of amides is 1. The molecule has 0 aromatic heterocycles. The van der Waals surface area contributed by atoms with Gasteiger partial charge in [0.05, 0.1) is 5.56 Å². The second kappa shape index (κ2) is 5.91. The van der Waals surface area contributed by atoms with Gasteiger partial charge < -0.3 is 10.6 Å². The van der Waals surface area contributed by atoms with Gasteiger partial charge in [0, 0.05) is 17.6 Å². The fourth-order valence-electron chi connectivity index (χ4n) is 1.09. The zero-order valence-electron chi connectivity index (χ0n) is 8.61. The number of likely N-dealkylation sites (N-methyl/N-ethyl adjacent to an activating group) is 1. The molecular formula is C10H11BrF2N2O. The highest BCUT2D eigenvalue weighted by Gasteiger charge is 2.13. The lowest BCUT2D eigenvalue weighted by Crippen LogP contribution is -2.30. The van der Waals surface area contributed by atoms with Gasteiger partial charge in [-0.1, -0.05) is 0 Å². The van der Waals surface area contributed by atoms with Crippen LogP contribution in [-0.4, -0.2) is 26.0 Å². The molecule has 88 valence electrons. The summed E-state index contributed by atoms with van der Waals surface area (Å²) in [6.07, 6.45) is 0. The molecule has 0 fully saturated rings. The number of hydrogen-bond donors (Lipinski definition) is 2. The lowest BCUT2D eigenvalue weighted by Gasteiger charge is -2.07. The first-order valence-electron chi connectivity index (χ1n) is 4.63. The van der Waals surface area contributed by atoms with Crippen molar-refractivity contribution in [3.63, 3.8) is 0 Å². The van der Waals surface area contributed by atoms with Crippen LogP contribution in [0.25, 0.3) is 0 Å². The van der Waals surface area contributed by atoms with E-state index in [1.54, 1.807) is 7.05 Å². The van der Waals surface area contributed by atoms with Crippen molar-refractivity contribution in [2.45, 2.75) is 0 Å². The van der Waals surface area contributed by atoms with Crippen LogP contribution in [-0.2, 0) is 0 Å². The zero-order chi connectivity index (χ0) is 12.1. The molecule has 1 aromatic carbocycles. The molecule has 0 spiro atoms. The molecule has 0 aliphatic heterocycles. The Morgan fingerprint density at radius 1 is 1.31 bits per heavy atom. The molecule has 0 atom stereocenters. The van der Waals surface area contributed by atoms with E-state index in [1.807, 2.05) is 0 Å². The summed E-state index contributed by atoms with van der Waals surface area (Å²) in [5.41, 5.74) is 0.0787. The Hall–Kier alpha value is -1.01. The van der Waals surface area contributed by atoms with Crippen molar-refractivity contribution >= 4 is 21.8 Å². The Morgan fingerprint density at radius 3 is 2.56 bits per heavy atom. The minimum atomic E-state index is -1.04. The first kappa shape index (κ1) is 13.1. The normalized spacial score (nSPS) is 10.2. The highest BCUT2D eigenvalue weighted by molar-refractivity contribution is 9.10. The summed E-state index contributed by atoms with van der Waals surface area (Å²) in [4.78, 5) is 11.5. The minimum absolute atomic E-state index is 0.0787. The van der Waals surface area contributed by atoms with Crippen LogP contribution in [0.1, 0.15) is 10.4 Å². The third-order valence-electron chi connectivity index (χ3n) is 1.92. The number of rotatable bonds is 4. The summed E-state index contributed by atoms with van der Waals surface area (Å²) >= 11 is 3.01. The van der Waals surface area contributed by atoms with Gasteiger partial charge in [-0.3, -0.25) is 4.79 Å². The third-order valence-corrected chi connectivity index (χ3v) is 2.57. The summed E-state index contributed by atoms with van der Waals surface area (Å²) in [7, 11) is 1.75. The van der Waals surface area contributed by atoms with Crippen LogP contribution < -0.4 is 10.6 Å². The molecule has 3 nitrogen and oxygen atoms in total. The average Bonchev–Trinajstić information content (AvgIpc) is 2.23. The van der Waals surface area contributed by atoms with E-state index in [0.717, 1.165) is 12.1 Å². The summed E-state index contributed by atoms with van der Waals surface area (Å²) in [6, 6.07) is 1.80. The molecule has 1 amide bonds. The van der Waals surface area contributed by atoms with Gasteiger partial charge in [0.25, 0.3) is 5.91 Å². The van der Waals surface area contributed by atoms with Crippen LogP contribution in [0.3, 0.4) is 0 Å². The van der Waals surface area contributed by atoms with Crippen molar-refractivity contribution in [1.82, 2.24) is 10.6 Å². The van der Waals surface area contributed by atoms with E-state index in [0.29, 0.717) is 13.1 Å². The summed E-state index contributed by atoms with van der Waals surface area (Å²) in [5, 5.41) is 5.42. The van der Waals surface area contributed by atoms with Crippen LogP contribution in [0.15, 0.2) is 16.6 Å². The fraction of sp³-hybridized carbons (Fsp3) is 0.300. The molecule has 16 heavy (non-hydrogen) atoms. The van der Waals surface area contributed by atoms with Crippen molar-refractivity contribution < 1.29 is 13.6 Å². The largest absolute Gasteiger partial charge is 0.351 e. The van der Waals surface area contributed by atoms with Gasteiger partial charge in [0.1, 0.15) is 0 Å². The molecule has 6 heteroatoms. The maximum absolute atomic E-state index is 12.9. The first-order chi connectivity index (χ1) is 7.56. The summed E-state index contributed by atoms with van der Waals surface area (Å²) in [6.45, 7) is 1.02. The number of carbonyl (C=O) groups is 1. The van der Waals surface area contributed by atoms with Crippen LogP contribution >= 0.6 is 15.9 Å². The van der Waals surface area contributed by atoms with E-state index in [2.05, 4.69) is 26.6 Å².